The van der Waals surface area contributed by atoms with Crippen LogP contribution in [0.25, 0.3) is 16.1 Å². The zero-order valence-corrected chi connectivity index (χ0v) is 12.9. The Balaban J connectivity index is 2.00. The molecular weight excluding hydrogens is 304 g/mol. The molecule has 5 heteroatoms. The largest absolute Gasteiger partial charge is 0.497 e. The summed E-state index contributed by atoms with van der Waals surface area (Å²) in [6, 6.07) is 15.3. The van der Waals surface area contributed by atoms with Crippen LogP contribution in [0.3, 0.4) is 0 Å². The molecule has 0 aliphatic carbocycles. The predicted molar refractivity (Wildman–Crippen MR) is 86.5 cm³/mol. The van der Waals surface area contributed by atoms with Crippen molar-refractivity contribution in [2.75, 3.05) is 7.11 Å². The van der Waals surface area contributed by atoms with Gasteiger partial charge in [-0.3, -0.25) is 9.98 Å². The molecule has 21 heavy (non-hydrogen) atoms. The molecule has 0 spiro atoms. The number of rotatable bonds is 3. The lowest BCUT2D eigenvalue weighted by atomic mass is 10.2. The molecule has 3 nitrogen and oxygen atoms in total. The van der Waals surface area contributed by atoms with E-state index in [-0.39, 0.29) is 0 Å². The van der Waals surface area contributed by atoms with Crippen LogP contribution >= 0.6 is 22.9 Å². The van der Waals surface area contributed by atoms with Gasteiger partial charge in [0.2, 0.25) is 0 Å². The van der Waals surface area contributed by atoms with E-state index in [4.69, 9.17) is 21.7 Å². The molecular formula is C16H13ClN2OS. The molecule has 3 aromatic rings. The van der Waals surface area contributed by atoms with E-state index in [9.17, 15) is 0 Å². The minimum Gasteiger partial charge on any atom is -0.497 e. The summed E-state index contributed by atoms with van der Waals surface area (Å²) >= 11 is 7.34. The number of ether oxygens (including phenoxy) is 1. The van der Waals surface area contributed by atoms with Gasteiger partial charge in [0.15, 0.2) is 4.80 Å². The molecule has 0 aliphatic heterocycles. The van der Waals surface area contributed by atoms with E-state index in [1.54, 1.807) is 7.11 Å². The first kappa shape index (κ1) is 13.9. The summed E-state index contributed by atoms with van der Waals surface area (Å²) in [7, 11) is 1.64. The van der Waals surface area contributed by atoms with Crippen LogP contribution in [-0.2, 0) is 0 Å². The topological polar surface area (TPSA) is 38.0 Å². The average Bonchev–Trinajstić information content (AvgIpc) is 2.90. The van der Waals surface area contributed by atoms with Gasteiger partial charge in [-0.1, -0.05) is 35.1 Å². The van der Waals surface area contributed by atoms with E-state index in [0.717, 1.165) is 21.9 Å². The van der Waals surface area contributed by atoms with E-state index in [1.165, 1.54) is 11.3 Å². The maximum atomic E-state index is 8.14. The van der Waals surface area contributed by atoms with Gasteiger partial charge < -0.3 is 4.74 Å². The summed E-state index contributed by atoms with van der Waals surface area (Å²) in [5.74, 6) is 0.805. The first-order chi connectivity index (χ1) is 10.2. The number of thiazole rings is 1. The molecule has 1 aromatic heterocycles. The molecule has 0 fully saturated rings. The number of hydrogen-bond acceptors (Lipinski definition) is 3. The summed E-state index contributed by atoms with van der Waals surface area (Å²) in [5, 5.41) is 8.86. The standard InChI is InChI=1S/C16H13ClN2OS/c1-20-14-8-6-13(7-9-14)19-10-15(21-16(19)18)11-2-4-12(17)5-3-11/h2-10,18H,1H3. The van der Waals surface area contributed by atoms with Crippen molar-refractivity contribution in [3.05, 3.63) is 64.6 Å². The van der Waals surface area contributed by atoms with Gasteiger partial charge in [0.25, 0.3) is 0 Å². The Hall–Kier alpha value is -2.04. The predicted octanol–water partition coefficient (Wildman–Crippen LogP) is 4.35. The fraction of sp³-hybridized carbons (Fsp3) is 0.0625. The Bertz CT molecular complexity index is 804. The first-order valence-corrected chi connectivity index (χ1v) is 7.54. The molecule has 0 bridgehead atoms. The Labute approximate surface area is 131 Å². The van der Waals surface area contributed by atoms with Gasteiger partial charge in [-0.15, -0.1) is 0 Å². The van der Waals surface area contributed by atoms with Crippen molar-refractivity contribution in [2.45, 2.75) is 0 Å². The number of halogens is 1. The number of nitrogens with zero attached hydrogens (tertiary/aromatic N) is 1. The molecule has 0 aliphatic rings. The van der Waals surface area contributed by atoms with Crippen LogP contribution in [0.4, 0.5) is 0 Å². The van der Waals surface area contributed by atoms with E-state index in [2.05, 4.69) is 0 Å². The van der Waals surface area contributed by atoms with E-state index < -0.39 is 0 Å². The summed E-state index contributed by atoms with van der Waals surface area (Å²) in [5.41, 5.74) is 2.00. The highest BCUT2D eigenvalue weighted by molar-refractivity contribution is 7.12. The third-order valence-corrected chi connectivity index (χ3v) is 4.35. The van der Waals surface area contributed by atoms with Gasteiger partial charge in [-0.25, -0.2) is 0 Å². The third-order valence-electron chi connectivity index (χ3n) is 3.15. The van der Waals surface area contributed by atoms with Crippen LogP contribution in [0, 0.1) is 5.41 Å². The second-order valence-electron chi connectivity index (χ2n) is 4.48. The monoisotopic (exact) mass is 316 g/mol. The number of methoxy groups -OCH3 is 1. The fourth-order valence-corrected chi connectivity index (χ4v) is 3.04. The van der Waals surface area contributed by atoms with Gasteiger partial charge >= 0.3 is 0 Å². The molecule has 0 radical (unpaired) electrons. The number of nitrogens with one attached hydrogen (secondary N) is 1. The van der Waals surface area contributed by atoms with Crippen LogP contribution in [0.2, 0.25) is 5.02 Å². The molecule has 0 saturated carbocycles. The van der Waals surface area contributed by atoms with Gasteiger partial charge in [0, 0.05) is 16.9 Å². The Morgan fingerprint density at radius 1 is 1.05 bits per heavy atom. The third kappa shape index (κ3) is 2.86. The minimum atomic E-state index is 0.477. The van der Waals surface area contributed by atoms with Crippen molar-refractivity contribution in [3.63, 3.8) is 0 Å². The van der Waals surface area contributed by atoms with Crippen LogP contribution in [0.1, 0.15) is 0 Å². The zero-order chi connectivity index (χ0) is 14.8. The molecule has 0 amide bonds. The average molecular weight is 317 g/mol. The fourth-order valence-electron chi connectivity index (χ4n) is 2.04. The Morgan fingerprint density at radius 2 is 1.71 bits per heavy atom. The Morgan fingerprint density at radius 3 is 2.33 bits per heavy atom. The highest BCUT2D eigenvalue weighted by Crippen LogP contribution is 2.25. The van der Waals surface area contributed by atoms with Crippen molar-refractivity contribution in [1.82, 2.24) is 4.57 Å². The smallest absolute Gasteiger partial charge is 0.187 e. The van der Waals surface area contributed by atoms with E-state index in [0.29, 0.717) is 9.82 Å². The van der Waals surface area contributed by atoms with Crippen molar-refractivity contribution in [1.29, 1.82) is 5.41 Å². The maximum Gasteiger partial charge on any atom is 0.187 e. The van der Waals surface area contributed by atoms with Gasteiger partial charge in [0.1, 0.15) is 5.75 Å². The van der Waals surface area contributed by atoms with Crippen molar-refractivity contribution >= 4 is 22.9 Å². The van der Waals surface area contributed by atoms with E-state index >= 15 is 0 Å². The zero-order valence-electron chi connectivity index (χ0n) is 11.3. The van der Waals surface area contributed by atoms with E-state index in [1.807, 2.05) is 59.3 Å². The quantitative estimate of drug-likeness (QED) is 0.766. The highest BCUT2D eigenvalue weighted by Gasteiger charge is 2.06. The molecule has 0 saturated heterocycles. The maximum absolute atomic E-state index is 8.14. The lowest BCUT2D eigenvalue weighted by molar-refractivity contribution is 0.414. The van der Waals surface area contributed by atoms with Gasteiger partial charge in [-0.2, -0.15) is 0 Å². The van der Waals surface area contributed by atoms with Gasteiger partial charge in [-0.05, 0) is 42.0 Å². The molecule has 106 valence electrons. The summed E-state index contributed by atoms with van der Waals surface area (Å²) in [4.78, 5) is 1.51. The molecule has 0 unspecified atom stereocenters. The van der Waals surface area contributed by atoms with Crippen molar-refractivity contribution in [2.24, 2.45) is 0 Å². The number of aromatic nitrogens is 1. The molecule has 1 N–H and O–H groups in total. The van der Waals surface area contributed by atoms with Crippen LogP contribution < -0.4 is 9.54 Å². The second-order valence-corrected chi connectivity index (χ2v) is 5.94. The summed E-state index contributed by atoms with van der Waals surface area (Å²) in [6.07, 6.45) is 1.97. The second kappa shape index (κ2) is 5.76. The lowest BCUT2D eigenvalue weighted by Gasteiger charge is -2.04. The normalized spacial score (nSPS) is 10.6. The Kier molecular flexibility index (Phi) is 3.82. The van der Waals surface area contributed by atoms with Crippen LogP contribution in [0.15, 0.2) is 54.7 Å². The molecule has 1 heterocycles. The summed E-state index contributed by atoms with van der Waals surface area (Å²) < 4.78 is 7.01. The SMILES string of the molecule is COc1ccc(-n2cc(-c3ccc(Cl)cc3)sc2=N)cc1. The molecule has 2 aromatic carbocycles. The van der Waals surface area contributed by atoms with Gasteiger partial charge in [0.05, 0.1) is 12.0 Å². The van der Waals surface area contributed by atoms with Crippen molar-refractivity contribution < 1.29 is 4.74 Å². The van der Waals surface area contributed by atoms with Crippen LogP contribution in [-0.4, -0.2) is 11.7 Å². The number of benzene rings is 2. The van der Waals surface area contributed by atoms with Crippen molar-refractivity contribution in [3.8, 4) is 21.9 Å². The molecule has 0 atom stereocenters. The highest BCUT2D eigenvalue weighted by atomic mass is 35.5. The minimum absolute atomic E-state index is 0.477. The van der Waals surface area contributed by atoms with Crippen LogP contribution in [0.5, 0.6) is 5.75 Å². The number of hydrogen-bond donors (Lipinski definition) is 1. The summed E-state index contributed by atoms with van der Waals surface area (Å²) in [6.45, 7) is 0. The lowest BCUT2D eigenvalue weighted by Crippen LogP contribution is -2.08. The first-order valence-electron chi connectivity index (χ1n) is 6.35. The molecule has 3 rings (SSSR count).